The van der Waals surface area contributed by atoms with Gasteiger partial charge in [-0.1, -0.05) is 6.92 Å². The number of hydrogen-bond acceptors (Lipinski definition) is 3. The summed E-state index contributed by atoms with van der Waals surface area (Å²) in [5.41, 5.74) is 2.60. The fraction of sp³-hybridized carbons (Fsp3) is 0.333. The number of amides is 2. The van der Waals surface area contributed by atoms with E-state index in [9.17, 15) is 9.59 Å². The number of anilines is 1. The van der Waals surface area contributed by atoms with Crippen molar-refractivity contribution in [2.75, 3.05) is 12.4 Å². The number of rotatable bonds is 3. The van der Waals surface area contributed by atoms with E-state index >= 15 is 0 Å². The Kier molecular flexibility index (Phi) is 4.48. The number of carbonyl (C=O) groups is 2. The highest BCUT2D eigenvalue weighted by Crippen LogP contribution is 2.32. The highest BCUT2D eigenvalue weighted by atomic mass is 32.1. The second kappa shape index (κ2) is 6.54. The van der Waals surface area contributed by atoms with Crippen LogP contribution < -0.4 is 10.6 Å². The third-order valence-electron chi connectivity index (χ3n) is 4.19. The second-order valence-corrected chi connectivity index (χ2v) is 7.15. The van der Waals surface area contributed by atoms with Crippen molar-refractivity contribution in [1.82, 2.24) is 5.32 Å². The molecule has 2 N–H and O–H groups in total. The van der Waals surface area contributed by atoms with Gasteiger partial charge in [0.1, 0.15) is 0 Å². The van der Waals surface area contributed by atoms with Crippen LogP contribution in [-0.4, -0.2) is 18.9 Å². The molecule has 0 fully saturated rings. The van der Waals surface area contributed by atoms with E-state index in [1.807, 2.05) is 6.07 Å². The molecule has 1 aliphatic carbocycles. The summed E-state index contributed by atoms with van der Waals surface area (Å²) < 4.78 is 0. The Hall–Kier alpha value is -2.14. The summed E-state index contributed by atoms with van der Waals surface area (Å²) in [6.07, 6.45) is 3.35. The first-order valence-corrected chi connectivity index (χ1v) is 8.63. The number of hydrogen-bond donors (Lipinski definition) is 2. The zero-order valence-electron chi connectivity index (χ0n) is 13.3. The molecule has 2 amide bonds. The van der Waals surface area contributed by atoms with Crippen LogP contribution >= 0.6 is 11.3 Å². The predicted molar refractivity (Wildman–Crippen MR) is 93.3 cm³/mol. The second-order valence-electron chi connectivity index (χ2n) is 6.02. The van der Waals surface area contributed by atoms with Crippen LogP contribution in [0.4, 0.5) is 5.69 Å². The van der Waals surface area contributed by atoms with E-state index < -0.39 is 0 Å². The summed E-state index contributed by atoms with van der Waals surface area (Å²) in [6, 6.07) is 8.94. The van der Waals surface area contributed by atoms with Crippen LogP contribution in [0.1, 0.15) is 43.8 Å². The van der Waals surface area contributed by atoms with E-state index in [2.05, 4.69) is 17.6 Å². The molecule has 0 saturated carbocycles. The first-order valence-electron chi connectivity index (χ1n) is 7.82. The topological polar surface area (TPSA) is 58.2 Å². The highest BCUT2D eigenvalue weighted by molar-refractivity contribution is 7.14. The molecule has 2 aromatic rings. The molecule has 3 rings (SSSR count). The van der Waals surface area contributed by atoms with E-state index in [0.717, 1.165) is 17.7 Å². The maximum Gasteiger partial charge on any atom is 0.265 e. The summed E-state index contributed by atoms with van der Waals surface area (Å²) in [5.74, 6) is 0.484. The van der Waals surface area contributed by atoms with Gasteiger partial charge in [-0.25, -0.2) is 0 Å². The highest BCUT2D eigenvalue weighted by Gasteiger charge is 2.20. The molecule has 120 valence electrons. The van der Waals surface area contributed by atoms with Crippen LogP contribution in [0.25, 0.3) is 0 Å². The van der Waals surface area contributed by atoms with Crippen molar-refractivity contribution in [2.45, 2.75) is 26.2 Å². The van der Waals surface area contributed by atoms with Crippen molar-refractivity contribution >= 4 is 28.8 Å². The van der Waals surface area contributed by atoms with Gasteiger partial charge in [0.25, 0.3) is 11.8 Å². The molecule has 1 aromatic carbocycles. The number of benzene rings is 1. The zero-order valence-corrected chi connectivity index (χ0v) is 14.1. The number of carbonyl (C=O) groups excluding carboxylic acids is 2. The van der Waals surface area contributed by atoms with Gasteiger partial charge in [0.2, 0.25) is 0 Å². The fourth-order valence-corrected chi connectivity index (χ4v) is 3.96. The van der Waals surface area contributed by atoms with Crippen molar-refractivity contribution in [2.24, 2.45) is 5.92 Å². The summed E-state index contributed by atoms with van der Waals surface area (Å²) >= 11 is 1.60. The molecule has 0 spiro atoms. The molecule has 0 saturated heterocycles. The third-order valence-corrected chi connectivity index (χ3v) is 5.42. The third kappa shape index (κ3) is 3.45. The van der Waals surface area contributed by atoms with Crippen molar-refractivity contribution in [1.29, 1.82) is 0 Å². The number of thiophene rings is 1. The standard InChI is InChI=1S/C18H20N2O2S/c1-11-3-8-15-13(9-11)10-16(23-15)18(22)20-14-6-4-12(5-7-14)17(21)19-2/h4-7,10-11H,3,8-9H2,1-2H3,(H,19,21)(H,20,22)/t11-/m1/s1. The van der Waals surface area contributed by atoms with Crippen LogP contribution in [-0.2, 0) is 12.8 Å². The molecule has 23 heavy (non-hydrogen) atoms. The van der Waals surface area contributed by atoms with E-state index in [1.165, 1.54) is 16.9 Å². The van der Waals surface area contributed by atoms with Gasteiger partial charge in [0.15, 0.2) is 0 Å². The molecule has 1 heterocycles. The van der Waals surface area contributed by atoms with Gasteiger partial charge in [-0.2, -0.15) is 0 Å². The number of aryl methyl sites for hydroxylation is 1. The van der Waals surface area contributed by atoms with Gasteiger partial charge in [-0.3, -0.25) is 9.59 Å². The van der Waals surface area contributed by atoms with Crippen LogP contribution in [0.2, 0.25) is 0 Å². The molecular weight excluding hydrogens is 308 g/mol. The number of fused-ring (bicyclic) bond motifs is 1. The minimum absolute atomic E-state index is 0.0789. The Morgan fingerprint density at radius 1 is 1.17 bits per heavy atom. The molecule has 0 bridgehead atoms. The Morgan fingerprint density at radius 3 is 2.61 bits per heavy atom. The monoisotopic (exact) mass is 328 g/mol. The summed E-state index contributed by atoms with van der Waals surface area (Å²) in [4.78, 5) is 26.0. The van der Waals surface area contributed by atoms with E-state index in [0.29, 0.717) is 17.2 Å². The average molecular weight is 328 g/mol. The zero-order chi connectivity index (χ0) is 16.4. The predicted octanol–water partition coefficient (Wildman–Crippen LogP) is 3.48. The first-order chi connectivity index (χ1) is 11.1. The Balaban J connectivity index is 1.71. The average Bonchev–Trinajstić information content (AvgIpc) is 2.98. The van der Waals surface area contributed by atoms with Gasteiger partial charge < -0.3 is 10.6 Å². The van der Waals surface area contributed by atoms with Crippen LogP contribution in [0.5, 0.6) is 0 Å². The van der Waals surface area contributed by atoms with Crippen molar-refractivity contribution < 1.29 is 9.59 Å². The van der Waals surface area contributed by atoms with Crippen molar-refractivity contribution in [3.05, 3.63) is 51.2 Å². The Bertz CT molecular complexity index is 734. The number of nitrogens with one attached hydrogen (secondary N) is 2. The smallest absolute Gasteiger partial charge is 0.265 e. The molecule has 0 radical (unpaired) electrons. The quantitative estimate of drug-likeness (QED) is 0.906. The Morgan fingerprint density at radius 2 is 1.91 bits per heavy atom. The first kappa shape index (κ1) is 15.7. The molecule has 0 unspecified atom stereocenters. The molecule has 5 heteroatoms. The van der Waals surface area contributed by atoms with Crippen molar-refractivity contribution in [3.8, 4) is 0 Å². The van der Waals surface area contributed by atoms with E-state index in [-0.39, 0.29) is 11.8 Å². The van der Waals surface area contributed by atoms with Crippen molar-refractivity contribution in [3.63, 3.8) is 0 Å². The van der Waals surface area contributed by atoms with Gasteiger partial charge in [-0.05, 0) is 61.1 Å². The van der Waals surface area contributed by atoms with E-state index in [4.69, 9.17) is 0 Å². The van der Waals surface area contributed by atoms with Gasteiger partial charge in [0.05, 0.1) is 4.88 Å². The van der Waals surface area contributed by atoms with Crippen LogP contribution in [0.15, 0.2) is 30.3 Å². The lowest BCUT2D eigenvalue weighted by molar-refractivity contribution is 0.0962. The molecule has 1 atom stereocenters. The minimum Gasteiger partial charge on any atom is -0.355 e. The van der Waals surface area contributed by atoms with Gasteiger partial charge in [0, 0.05) is 23.2 Å². The summed E-state index contributed by atoms with van der Waals surface area (Å²) in [5, 5.41) is 5.48. The largest absolute Gasteiger partial charge is 0.355 e. The lowest BCUT2D eigenvalue weighted by atomic mass is 9.90. The van der Waals surface area contributed by atoms with Crippen LogP contribution in [0.3, 0.4) is 0 Å². The summed E-state index contributed by atoms with van der Waals surface area (Å²) in [6.45, 7) is 2.26. The van der Waals surface area contributed by atoms with Gasteiger partial charge in [-0.15, -0.1) is 11.3 Å². The lowest BCUT2D eigenvalue weighted by Crippen LogP contribution is -2.17. The minimum atomic E-state index is -0.136. The van der Waals surface area contributed by atoms with Crippen LogP contribution in [0, 0.1) is 5.92 Å². The Labute approximate surface area is 139 Å². The molecule has 1 aliphatic rings. The summed E-state index contributed by atoms with van der Waals surface area (Å²) in [7, 11) is 1.59. The maximum absolute atomic E-state index is 12.4. The van der Waals surface area contributed by atoms with E-state index in [1.54, 1.807) is 42.6 Å². The normalized spacial score (nSPS) is 16.5. The SMILES string of the molecule is CNC(=O)c1ccc(NC(=O)c2cc3c(s2)CC[C@@H](C)C3)cc1. The fourth-order valence-electron chi connectivity index (χ4n) is 2.86. The molecular formula is C18H20N2O2S. The molecule has 1 aromatic heterocycles. The molecule has 4 nitrogen and oxygen atoms in total. The van der Waals surface area contributed by atoms with Gasteiger partial charge >= 0.3 is 0 Å². The molecule has 0 aliphatic heterocycles. The maximum atomic E-state index is 12.4. The lowest BCUT2D eigenvalue weighted by Gasteiger charge is -2.16.